The van der Waals surface area contributed by atoms with Gasteiger partial charge in [-0.1, -0.05) is 30.3 Å². The van der Waals surface area contributed by atoms with Crippen LogP contribution in [-0.2, 0) is 11.3 Å². The molecule has 30 heavy (non-hydrogen) atoms. The maximum Gasteiger partial charge on any atom is 0.407 e. The first-order chi connectivity index (χ1) is 14.7. The molecule has 1 aliphatic rings. The molecule has 3 aromatic heterocycles. The second-order valence-corrected chi connectivity index (χ2v) is 6.93. The van der Waals surface area contributed by atoms with Gasteiger partial charge in [-0.15, -0.1) is 10.2 Å². The zero-order valence-corrected chi connectivity index (χ0v) is 16.2. The van der Waals surface area contributed by atoms with Crippen LogP contribution in [0.3, 0.4) is 0 Å². The number of nitrogens with one attached hydrogen (secondary N) is 1. The Balaban J connectivity index is 1.40. The minimum absolute atomic E-state index is 0.188. The second-order valence-electron chi connectivity index (χ2n) is 6.93. The molecule has 0 aliphatic carbocycles. The van der Waals surface area contributed by atoms with Crippen molar-refractivity contribution < 1.29 is 14.3 Å². The molecular formula is C20H19N7O3. The molecule has 1 aliphatic heterocycles. The fourth-order valence-electron chi connectivity index (χ4n) is 3.33. The van der Waals surface area contributed by atoms with E-state index in [9.17, 15) is 4.79 Å². The van der Waals surface area contributed by atoms with E-state index in [1.807, 2.05) is 45.7 Å². The third-order valence-electron chi connectivity index (χ3n) is 4.91. The van der Waals surface area contributed by atoms with Crippen molar-refractivity contribution in [3.8, 4) is 5.75 Å². The van der Waals surface area contributed by atoms with Crippen LogP contribution in [0.15, 0.2) is 48.9 Å². The van der Waals surface area contributed by atoms with Crippen molar-refractivity contribution in [3.05, 3.63) is 54.5 Å². The number of hydrogen-bond donors (Lipinski definition) is 1. The van der Waals surface area contributed by atoms with Crippen LogP contribution in [-0.4, -0.2) is 56.9 Å². The Morgan fingerprint density at radius 1 is 1.27 bits per heavy atom. The Morgan fingerprint density at radius 2 is 2.10 bits per heavy atom. The number of rotatable bonds is 5. The number of aromatic nitrogens is 5. The third kappa shape index (κ3) is 3.32. The van der Waals surface area contributed by atoms with E-state index >= 15 is 0 Å². The van der Waals surface area contributed by atoms with Gasteiger partial charge in [-0.2, -0.15) is 0 Å². The molecule has 10 nitrogen and oxygen atoms in total. The lowest BCUT2D eigenvalue weighted by Crippen LogP contribution is -2.54. The van der Waals surface area contributed by atoms with Gasteiger partial charge in [-0.25, -0.2) is 14.8 Å². The first-order valence-electron chi connectivity index (χ1n) is 9.51. The number of amides is 1. The van der Waals surface area contributed by atoms with Crippen LogP contribution >= 0.6 is 0 Å². The van der Waals surface area contributed by atoms with Gasteiger partial charge < -0.3 is 19.7 Å². The Labute approximate surface area is 171 Å². The molecule has 0 spiro atoms. The van der Waals surface area contributed by atoms with Gasteiger partial charge in [0.25, 0.3) is 0 Å². The number of hydrogen-bond acceptors (Lipinski definition) is 8. The quantitative estimate of drug-likeness (QED) is 0.536. The van der Waals surface area contributed by atoms with Crippen molar-refractivity contribution in [2.24, 2.45) is 0 Å². The summed E-state index contributed by atoms with van der Waals surface area (Å²) in [6, 6.07) is 11.8. The average Bonchev–Trinajstić information content (AvgIpc) is 3.25. The average molecular weight is 405 g/mol. The van der Waals surface area contributed by atoms with Crippen molar-refractivity contribution in [3.63, 3.8) is 0 Å². The number of carbonyl (C=O) groups excluding carboxylic acids is 1. The third-order valence-corrected chi connectivity index (χ3v) is 4.91. The lowest BCUT2D eigenvalue weighted by Gasteiger charge is -2.38. The minimum atomic E-state index is -0.441. The highest BCUT2D eigenvalue weighted by Crippen LogP contribution is 2.28. The summed E-state index contributed by atoms with van der Waals surface area (Å²) in [6.07, 6.45) is 2.66. The molecule has 1 amide bonds. The fraction of sp³-hybridized carbons (Fsp3) is 0.250. The Bertz CT molecular complexity index is 1210. The summed E-state index contributed by atoms with van der Waals surface area (Å²) in [5.41, 5.74) is 3.00. The summed E-state index contributed by atoms with van der Waals surface area (Å²) in [4.78, 5) is 22.5. The highest BCUT2D eigenvalue weighted by molar-refractivity contribution is 5.81. The molecule has 152 valence electrons. The number of anilines is 1. The predicted octanol–water partition coefficient (Wildman–Crippen LogP) is 1.80. The number of ether oxygens (including phenoxy) is 2. The van der Waals surface area contributed by atoms with E-state index < -0.39 is 6.09 Å². The molecule has 0 unspecified atom stereocenters. The first-order valence-corrected chi connectivity index (χ1v) is 9.51. The van der Waals surface area contributed by atoms with Crippen molar-refractivity contribution >= 4 is 28.7 Å². The summed E-state index contributed by atoms with van der Waals surface area (Å²) >= 11 is 0. The molecule has 0 saturated carbocycles. The minimum Gasteiger partial charge on any atom is -0.487 e. The van der Waals surface area contributed by atoms with E-state index in [0.29, 0.717) is 42.6 Å². The maximum absolute atomic E-state index is 11.4. The van der Waals surface area contributed by atoms with Crippen LogP contribution < -0.4 is 15.0 Å². The zero-order chi connectivity index (χ0) is 20.5. The number of alkyl carbamates (subject to hydrolysis) is 1. The van der Waals surface area contributed by atoms with Gasteiger partial charge in [0.2, 0.25) is 5.65 Å². The van der Waals surface area contributed by atoms with Gasteiger partial charge in [-0.05, 0) is 5.56 Å². The molecule has 10 heteroatoms. The number of pyridine rings is 1. The van der Waals surface area contributed by atoms with Crippen molar-refractivity contribution in [2.45, 2.75) is 12.7 Å². The lowest BCUT2D eigenvalue weighted by molar-refractivity contribution is 0.0824. The van der Waals surface area contributed by atoms with Gasteiger partial charge >= 0.3 is 6.09 Å². The molecule has 1 N–H and O–H groups in total. The number of carbonyl (C=O) groups is 1. The number of nitrogens with zero attached hydrogens (tertiary/aromatic N) is 6. The van der Waals surface area contributed by atoms with Gasteiger partial charge in [-0.3, -0.25) is 4.40 Å². The van der Waals surface area contributed by atoms with E-state index in [1.54, 1.807) is 12.5 Å². The van der Waals surface area contributed by atoms with E-state index in [2.05, 4.69) is 25.5 Å². The normalized spacial score (nSPS) is 14.0. The molecule has 1 aromatic carbocycles. The largest absolute Gasteiger partial charge is 0.487 e. The molecular weight excluding hydrogens is 386 g/mol. The standard InChI is InChI=1S/C20H19N7O3/c1-21-20(28)30-15-9-26(10-15)18-19-25-23-12-27(19)16-7-14(8-22-17(16)24-18)29-11-13-5-3-2-4-6-13/h2-8,12,15H,9-11H2,1H3,(H,21,28). The van der Waals surface area contributed by atoms with E-state index in [-0.39, 0.29) is 6.10 Å². The summed E-state index contributed by atoms with van der Waals surface area (Å²) in [5.74, 6) is 1.29. The SMILES string of the molecule is CNC(=O)OC1CN(c2nc3ncc(OCc4ccccc4)cc3n3cnnc23)C1. The topological polar surface area (TPSA) is 107 Å². The summed E-state index contributed by atoms with van der Waals surface area (Å²) in [7, 11) is 1.53. The smallest absolute Gasteiger partial charge is 0.407 e. The Hall–Kier alpha value is -3.95. The van der Waals surface area contributed by atoms with Gasteiger partial charge in [0.15, 0.2) is 11.5 Å². The Kier molecular flexibility index (Phi) is 4.51. The fourth-order valence-corrected chi connectivity index (χ4v) is 3.33. The van der Waals surface area contributed by atoms with E-state index in [4.69, 9.17) is 9.47 Å². The molecule has 4 aromatic rings. The van der Waals surface area contributed by atoms with Gasteiger partial charge in [0, 0.05) is 13.1 Å². The number of fused-ring (bicyclic) bond motifs is 3. The molecule has 4 heterocycles. The van der Waals surface area contributed by atoms with Crippen LogP contribution in [0.25, 0.3) is 16.8 Å². The predicted molar refractivity (Wildman–Crippen MR) is 108 cm³/mol. The van der Waals surface area contributed by atoms with Crippen molar-refractivity contribution in [1.82, 2.24) is 29.9 Å². The molecule has 0 bridgehead atoms. The molecule has 0 atom stereocenters. The van der Waals surface area contributed by atoms with Crippen LogP contribution in [0.4, 0.5) is 10.6 Å². The van der Waals surface area contributed by atoms with Crippen molar-refractivity contribution in [1.29, 1.82) is 0 Å². The first kappa shape index (κ1) is 18.1. The van der Waals surface area contributed by atoms with Crippen LogP contribution in [0.1, 0.15) is 5.56 Å². The molecule has 5 rings (SSSR count). The van der Waals surface area contributed by atoms with Crippen LogP contribution in [0, 0.1) is 0 Å². The highest BCUT2D eigenvalue weighted by atomic mass is 16.6. The van der Waals surface area contributed by atoms with Crippen LogP contribution in [0.5, 0.6) is 5.75 Å². The summed E-state index contributed by atoms with van der Waals surface area (Å²) < 4.78 is 13.0. The molecule has 0 radical (unpaired) electrons. The van der Waals surface area contributed by atoms with Crippen LogP contribution in [0.2, 0.25) is 0 Å². The highest BCUT2D eigenvalue weighted by Gasteiger charge is 2.33. The zero-order valence-electron chi connectivity index (χ0n) is 16.2. The molecule has 1 fully saturated rings. The monoisotopic (exact) mass is 405 g/mol. The van der Waals surface area contributed by atoms with E-state index in [0.717, 1.165) is 11.1 Å². The van der Waals surface area contributed by atoms with Gasteiger partial charge in [0.1, 0.15) is 24.8 Å². The second kappa shape index (κ2) is 7.47. The summed E-state index contributed by atoms with van der Waals surface area (Å²) in [6.45, 7) is 1.52. The Morgan fingerprint density at radius 3 is 2.90 bits per heavy atom. The van der Waals surface area contributed by atoms with Crippen molar-refractivity contribution in [2.75, 3.05) is 25.0 Å². The van der Waals surface area contributed by atoms with E-state index in [1.165, 1.54) is 7.05 Å². The maximum atomic E-state index is 11.4. The lowest BCUT2D eigenvalue weighted by atomic mass is 10.1. The molecule has 1 saturated heterocycles. The van der Waals surface area contributed by atoms with Gasteiger partial charge in [0.05, 0.1) is 24.8 Å². The number of benzene rings is 1. The summed E-state index contributed by atoms with van der Waals surface area (Å²) in [5, 5.41) is 10.7.